The summed E-state index contributed by atoms with van der Waals surface area (Å²) in [6.45, 7) is 5.62. The molecule has 17 heteroatoms. The Kier molecular flexibility index (Phi) is 13.2. The minimum atomic E-state index is -4.32. The molecule has 8 rings (SSSR count). The third kappa shape index (κ3) is 10.3. The molecule has 5 aromatic carbocycles. The van der Waals surface area contributed by atoms with Gasteiger partial charge in [0.05, 0.1) is 21.3 Å². The summed E-state index contributed by atoms with van der Waals surface area (Å²) >= 11 is 7.73. The lowest BCUT2D eigenvalue weighted by Gasteiger charge is -2.37. The van der Waals surface area contributed by atoms with Crippen LogP contribution >= 0.6 is 23.4 Å². The maximum Gasteiger partial charge on any atom is 0.309 e. The molecule has 14 nitrogen and oxygen atoms in total. The molecule has 6 aromatic rings. The number of halogens is 1. The number of sulfonamides is 1. The van der Waals surface area contributed by atoms with E-state index in [2.05, 4.69) is 54.1 Å². The number of rotatable bonds is 17. The van der Waals surface area contributed by atoms with Gasteiger partial charge in [0.2, 0.25) is 0 Å². The number of thioether (sulfide) groups is 1. The van der Waals surface area contributed by atoms with E-state index in [1.165, 1.54) is 29.6 Å². The summed E-state index contributed by atoms with van der Waals surface area (Å²) in [7, 11) is -4.32. The molecule has 3 heterocycles. The maximum absolute atomic E-state index is 13.8. The summed E-state index contributed by atoms with van der Waals surface area (Å²) in [6, 6.07) is 35.3. The summed E-state index contributed by atoms with van der Waals surface area (Å²) in [5.74, 6) is -0.580. The van der Waals surface area contributed by atoms with Crippen LogP contribution in [0.15, 0.2) is 131 Å². The van der Waals surface area contributed by atoms with E-state index in [4.69, 9.17) is 11.6 Å². The highest BCUT2D eigenvalue weighted by molar-refractivity contribution is 7.99. The van der Waals surface area contributed by atoms with Crippen molar-refractivity contribution in [3.05, 3.63) is 142 Å². The number of fused-ring (bicyclic) bond motifs is 1. The van der Waals surface area contributed by atoms with E-state index in [-0.39, 0.29) is 28.1 Å². The van der Waals surface area contributed by atoms with Gasteiger partial charge in [0.1, 0.15) is 12.0 Å². The van der Waals surface area contributed by atoms with Crippen molar-refractivity contribution >= 4 is 73.1 Å². The monoisotopic (exact) mass is 892 g/mol. The van der Waals surface area contributed by atoms with Crippen LogP contribution in [-0.2, 0) is 21.4 Å². The average Bonchev–Trinajstić information content (AvgIpc) is 3.25. The molecule has 0 aliphatic carbocycles. The smallest absolute Gasteiger partial charge is 0.309 e. The average molecular weight is 893 g/mol. The van der Waals surface area contributed by atoms with Gasteiger partial charge in [-0.25, -0.2) is 18.4 Å². The van der Waals surface area contributed by atoms with Gasteiger partial charge in [-0.2, -0.15) is 0 Å². The molecule has 2 saturated heterocycles. The lowest BCUT2D eigenvalue weighted by Crippen LogP contribution is -2.51. The Bertz CT molecular complexity index is 2660. The zero-order valence-electron chi connectivity index (χ0n) is 33.6. The first-order chi connectivity index (χ1) is 30.0. The summed E-state index contributed by atoms with van der Waals surface area (Å²) < 4.78 is 30.2. The van der Waals surface area contributed by atoms with Gasteiger partial charge in [0.15, 0.2) is 5.82 Å². The number of piperazine rings is 1. The predicted octanol–water partition coefficient (Wildman–Crippen LogP) is 7.96. The van der Waals surface area contributed by atoms with E-state index < -0.39 is 26.8 Å². The van der Waals surface area contributed by atoms with Crippen LogP contribution in [0.5, 0.6) is 0 Å². The Labute approximate surface area is 369 Å². The van der Waals surface area contributed by atoms with Crippen LogP contribution in [0.4, 0.5) is 22.9 Å². The molecule has 2 aliphatic heterocycles. The Morgan fingerprint density at radius 2 is 1.65 bits per heavy atom. The number of anilines is 3. The normalized spacial score (nSPS) is 15.5. The maximum atomic E-state index is 13.8. The van der Waals surface area contributed by atoms with Crippen molar-refractivity contribution in [3.8, 4) is 11.1 Å². The van der Waals surface area contributed by atoms with Crippen molar-refractivity contribution in [2.24, 2.45) is 5.92 Å². The molecule has 1 unspecified atom stereocenters. The number of aliphatic carboxylic acids is 1. The molecular weight excluding hydrogens is 848 g/mol. The first-order valence-corrected chi connectivity index (χ1v) is 23.1. The fourth-order valence-corrected chi connectivity index (χ4v) is 9.98. The van der Waals surface area contributed by atoms with Crippen molar-refractivity contribution in [1.29, 1.82) is 0 Å². The van der Waals surface area contributed by atoms with E-state index in [0.717, 1.165) is 54.9 Å². The zero-order chi connectivity index (χ0) is 43.2. The molecule has 0 spiro atoms. The predicted molar refractivity (Wildman–Crippen MR) is 245 cm³/mol. The van der Waals surface area contributed by atoms with Crippen LogP contribution < -0.4 is 14.9 Å². The number of nitro groups is 1. The van der Waals surface area contributed by atoms with E-state index in [1.54, 1.807) is 17.8 Å². The third-order valence-corrected chi connectivity index (χ3v) is 14.0. The fourth-order valence-electron chi connectivity index (χ4n) is 7.81. The van der Waals surface area contributed by atoms with Gasteiger partial charge in [0, 0.05) is 91.2 Å². The number of carbonyl (C=O) groups is 1. The SMILES string of the molecule is O=C(O)C1CN(CCC(CSc2ccccc2)Nc2ccc(S(=O)(=O)Nc3ncnc4cc(N5CCN(Cc6ccccc6-c6ccc(Cl)cc6)CC5)ccc34)cc2[N+](=O)[O-])C1. The molecule has 2 fully saturated rings. The van der Waals surface area contributed by atoms with E-state index >= 15 is 0 Å². The summed E-state index contributed by atoms with van der Waals surface area (Å²) in [4.78, 5) is 39.3. The number of nitrogens with one attached hydrogen (secondary N) is 2. The Balaban J connectivity index is 0.929. The summed E-state index contributed by atoms with van der Waals surface area (Å²) in [5, 5.41) is 26.2. The number of likely N-dealkylation sites (tertiary alicyclic amines) is 1. The van der Waals surface area contributed by atoms with Crippen molar-refractivity contribution < 1.29 is 23.2 Å². The molecule has 0 saturated carbocycles. The van der Waals surface area contributed by atoms with Crippen molar-refractivity contribution in [2.75, 3.05) is 66.5 Å². The van der Waals surface area contributed by atoms with Gasteiger partial charge in [0.25, 0.3) is 15.7 Å². The van der Waals surface area contributed by atoms with Crippen LogP contribution in [0, 0.1) is 16.0 Å². The molecule has 0 bridgehead atoms. The molecular formula is C45H45ClN8O6S2. The minimum Gasteiger partial charge on any atom is -0.481 e. The molecule has 0 radical (unpaired) electrons. The molecule has 0 amide bonds. The van der Waals surface area contributed by atoms with Gasteiger partial charge in [-0.15, -0.1) is 11.8 Å². The second-order valence-corrected chi connectivity index (χ2v) is 18.7. The summed E-state index contributed by atoms with van der Waals surface area (Å²) in [5.41, 5.74) is 4.87. The van der Waals surface area contributed by atoms with Crippen LogP contribution in [0.2, 0.25) is 5.02 Å². The number of carboxylic acids is 1. The molecule has 2 aliphatic rings. The molecule has 320 valence electrons. The van der Waals surface area contributed by atoms with Crippen molar-refractivity contribution in [2.45, 2.75) is 28.8 Å². The number of aromatic nitrogens is 2. The number of carboxylic acid groups (broad SMARTS) is 1. The van der Waals surface area contributed by atoms with Crippen LogP contribution in [0.3, 0.4) is 0 Å². The molecule has 3 N–H and O–H groups in total. The Morgan fingerprint density at radius 1 is 0.903 bits per heavy atom. The van der Waals surface area contributed by atoms with E-state index in [0.29, 0.717) is 47.7 Å². The first-order valence-electron chi connectivity index (χ1n) is 20.3. The largest absolute Gasteiger partial charge is 0.481 e. The van der Waals surface area contributed by atoms with Gasteiger partial charge < -0.3 is 20.2 Å². The quantitative estimate of drug-likeness (QED) is 0.0458. The van der Waals surface area contributed by atoms with Crippen molar-refractivity contribution in [1.82, 2.24) is 19.8 Å². The van der Waals surface area contributed by atoms with Gasteiger partial charge in [-0.1, -0.05) is 66.2 Å². The second kappa shape index (κ2) is 19.1. The van der Waals surface area contributed by atoms with E-state index in [9.17, 15) is 28.4 Å². The van der Waals surface area contributed by atoms with Crippen molar-refractivity contribution in [3.63, 3.8) is 0 Å². The molecule has 1 aromatic heterocycles. The second-order valence-electron chi connectivity index (χ2n) is 15.4. The van der Waals surface area contributed by atoms with E-state index in [1.807, 2.05) is 71.6 Å². The number of hydrogen-bond donors (Lipinski definition) is 3. The number of nitro benzene ring substituents is 1. The fraction of sp³-hybridized carbons (Fsp3) is 0.267. The highest BCUT2D eigenvalue weighted by atomic mass is 35.5. The zero-order valence-corrected chi connectivity index (χ0v) is 36.0. The highest BCUT2D eigenvalue weighted by Crippen LogP contribution is 2.33. The van der Waals surface area contributed by atoms with Gasteiger partial charge in [-0.05, 0) is 77.7 Å². The highest BCUT2D eigenvalue weighted by Gasteiger charge is 2.33. The number of nitrogens with zero attached hydrogens (tertiary/aromatic N) is 6. The van der Waals surface area contributed by atoms with Gasteiger partial charge in [-0.3, -0.25) is 24.5 Å². The standard InChI is InChI=1S/C45H45ClN8O6S2/c46-34-12-10-31(11-13-34)39-9-5-4-6-32(39)26-51-20-22-53(23-21-51)36-14-16-40-42(24-36)47-30-48-44(40)50-62(59,60)38-15-17-41(43(25-38)54(57)58)49-35(29-61-37-7-2-1-3-8-37)18-19-52-27-33(28-52)45(55)56/h1-17,24-25,30,33,35,49H,18-23,26-29H2,(H,55,56)(H,47,48,50). The lowest BCUT2D eigenvalue weighted by molar-refractivity contribution is -0.384. The van der Waals surface area contributed by atoms with Crippen LogP contribution in [0.1, 0.15) is 12.0 Å². The molecule has 62 heavy (non-hydrogen) atoms. The minimum absolute atomic E-state index is 0.0599. The first kappa shape index (κ1) is 42.9. The number of hydrogen-bond acceptors (Lipinski definition) is 12. The van der Waals surface area contributed by atoms with Crippen LogP contribution in [-0.4, -0.2) is 102 Å². The Morgan fingerprint density at radius 3 is 2.39 bits per heavy atom. The third-order valence-electron chi connectivity index (χ3n) is 11.3. The van der Waals surface area contributed by atoms with Gasteiger partial charge >= 0.3 is 5.97 Å². The van der Waals surface area contributed by atoms with Crippen LogP contribution in [0.25, 0.3) is 22.0 Å². The number of benzene rings is 5. The topological polar surface area (TPSA) is 174 Å². The Hall–Kier alpha value is -5.78. The molecule has 1 atom stereocenters. The summed E-state index contributed by atoms with van der Waals surface area (Å²) in [6.07, 6.45) is 1.88. The lowest BCUT2D eigenvalue weighted by atomic mass is 9.99.